The van der Waals surface area contributed by atoms with Gasteiger partial charge >= 0.3 is 0 Å². The van der Waals surface area contributed by atoms with E-state index < -0.39 is 4.92 Å². The molecule has 0 saturated carbocycles. The normalized spacial score (nSPS) is 11.3. The number of hydrogen-bond acceptors (Lipinski definition) is 6. The van der Waals surface area contributed by atoms with Crippen LogP contribution in [0.5, 0.6) is 0 Å². The van der Waals surface area contributed by atoms with Crippen LogP contribution in [0, 0.1) is 10.1 Å². The lowest BCUT2D eigenvalue weighted by Gasteiger charge is -1.96. The van der Waals surface area contributed by atoms with Crippen LogP contribution in [-0.2, 0) is 0 Å². The standard InChI is InChI=1S/C18H13ClN4O2S/c19-15-8-6-14(7-9-15)17-12-26-18(21-17)22-20-10-2-4-13-3-1-5-16(11-13)23(24)25/h1-12H,(H,21,22)/b4-2+,20-10+. The van der Waals surface area contributed by atoms with E-state index in [1.54, 1.807) is 30.5 Å². The molecule has 130 valence electrons. The molecule has 8 heteroatoms. The Labute approximate surface area is 158 Å². The molecule has 1 heterocycles. The number of hydrogen-bond donors (Lipinski definition) is 1. The van der Waals surface area contributed by atoms with Crippen molar-refractivity contribution in [3.63, 3.8) is 0 Å². The van der Waals surface area contributed by atoms with Gasteiger partial charge in [-0.1, -0.05) is 41.9 Å². The Morgan fingerprint density at radius 2 is 2.04 bits per heavy atom. The van der Waals surface area contributed by atoms with Crippen molar-refractivity contribution < 1.29 is 4.92 Å². The summed E-state index contributed by atoms with van der Waals surface area (Å²) >= 11 is 7.32. The lowest BCUT2D eigenvalue weighted by atomic mass is 10.2. The number of nitro benzene ring substituents is 1. The molecular weight excluding hydrogens is 372 g/mol. The molecule has 0 fully saturated rings. The first-order valence-electron chi connectivity index (χ1n) is 7.53. The summed E-state index contributed by atoms with van der Waals surface area (Å²) in [6.45, 7) is 0. The van der Waals surface area contributed by atoms with Gasteiger partial charge in [-0.2, -0.15) is 5.10 Å². The van der Waals surface area contributed by atoms with Crippen LogP contribution >= 0.6 is 22.9 Å². The molecular formula is C18H13ClN4O2S. The van der Waals surface area contributed by atoms with E-state index in [2.05, 4.69) is 15.5 Å². The maximum atomic E-state index is 10.7. The summed E-state index contributed by atoms with van der Waals surface area (Å²) in [4.78, 5) is 14.8. The summed E-state index contributed by atoms with van der Waals surface area (Å²) in [6.07, 6.45) is 4.99. The molecule has 3 rings (SSSR count). The highest BCUT2D eigenvalue weighted by molar-refractivity contribution is 7.14. The molecule has 0 aliphatic rings. The van der Waals surface area contributed by atoms with E-state index in [0.29, 0.717) is 10.2 Å². The number of non-ortho nitro benzene ring substituents is 1. The summed E-state index contributed by atoms with van der Waals surface area (Å²) in [5.74, 6) is 0. The summed E-state index contributed by atoms with van der Waals surface area (Å²) in [7, 11) is 0. The molecule has 0 aliphatic carbocycles. The zero-order valence-corrected chi connectivity index (χ0v) is 14.9. The number of rotatable bonds is 6. The zero-order valence-electron chi connectivity index (χ0n) is 13.4. The van der Waals surface area contributed by atoms with Crippen LogP contribution in [0.25, 0.3) is 17.3 Å². The maximum absolute atomic E-state index is 10.7. The lowest BCUT2D eigenvalue weighted by Crippen LogP contribution is -1.88. The molecule has 0 aliphatic heterocycles. The number of allylic oxidation sites excluding steroid dienone is 1. The largest absolute Gasteiger partial charge is 0.270 e. The monoisotopic (exact) mass is 384 g/mol. The van der Waals surface area contributed by atoms with Gasteiger partial charge in [-0.25, -0.2) is 4.98 Å². The molecule has 0 amide bonds. The minimum atomic E-state index is -0.423. The van der Waals surface area contributed by atoms with Gasteiger partial charge in [0.15, 0.2) is 0 Å². The predicted molar refractivity (Wildman–Crippen MR) is 107 cm³/mol. The summed E-state index contributed by atoms with van der Waals surface area (Å²) in [6, 6.07) is 13.8. The molecule has 3 aromatic rings. The maximum Gasteiger partial charge on any atom is 0.270 e. The smallest absolute Gasteiger partial charge is 0.258 e. The average Bonchev–Trinajstić information content (AvgIpc) is 3.11. The predicted octanol–water partition coefficient (Wildman–Crippen LogP) is 5.48. The van der Waals surface area contributed by atoms with Gasteiger partial charge in [-0.05, 0) is 23.8 Å². The molecule has 2 aromatic carbocycles. The van der Waals surface area contributed by atoms with Gasteiger partial charge in [0.2, 0.25) is 5.13 Å². The van der Waals surface area contributed by atoms with Crippen LogP contribution in [0.15, 0.2) is 65.1 Å². The fraction of sp³-hybridized carbons (Fsp3) is 0. The topological polar surface area (TPSA) is 80.4 Å². The quantitative estimate of drug-likeness (QED) is 0.346. The van der Waals surface area contributed by atoms with Crippen LogP contribution in [0.3, 0.4) is 0 Å². The van der Waals surface area contributed by atoms with Gasteiger partial charge in [0.25, 0.3) is 5.69 Å². The molecule has 0 saturated heterocycles. The van der Waals surface area contributed by atoms with Gasteiger partial charge in [0.05, 0.1) is 10.6 Å². The highest BCUT2D eigenvalue weighted by Crippen LogP contribution is 2.25. The lowest BCUT2D eigenvalue weighted by molar-refractivity contribution is -0.384. The summed E-state index contributed by atoms with van der Waals surface area (Å²) < 4.78 is 0. The van der Waals surface area contributed by atoms with Crippen molar-refractivity contribution in [1.29, 1.82) is 0 Å². The number of nitro groups is 1. The molecule has 1 aromatic heterocycles. The van der Waals surface area contributed by atoms with E-state index >= 15 is 0 Å². The minimum absolute atomic E-state index is 0.0553. The van der Waals surface area contributed by atoms with Gasteiger partial charge in [0, 0.05) is 34.3 Å². The second kappa shape index (κ2) is 8.37. The van der Waals surface area contributed by atoms with Crippen LogP contribution in [-0.4, -0.2) is 16.1 Å². The second-order valence-corrected chi connectivity index (χ2v) is 6.44. The van der Waals surface area contributed by atoms with Crippen LogP contribution in [0.2, 0.25) is 5.02 Å². The van der Waals surface area contributed by atoms with Crippen LogP contribution in [0.4, 0.5) is 10.8 Å². The molecule has 26 heavy (non-hydrogen) atoms. The van der Waals surface area contributed by atoms with E-state index in [0.717, 1.165) is 16.8 Å². The Kier molecular flexibility index (Phi) is 5.73. The van der Waals surface area contributed by atoms with Gasteiger partial charge in [-0.15, -0.1) is 11.3 Å². The number of halogens is 1. The van der Waals surface area contributed by atoms with Crippen molar-refractivity contribution in [2.24, 2.45) is 5.10 Å². The molecule has 0 bridgehead atoms. The summed E-state index contributed by atoms with van der Waals surface area (Å²) in [5.41, 5.74) is 5.46. The highest BCUT2D eigenvalue weighted by Gasteiger charge is 2.04. The number of benzene rings is 2. The van der Waals surface area contributed by atoms with Crippen LogP contribution in [0.1, 0.15) is 5.56 Å². The fourth-order valence-corrected chi connectivity index (χ4v) is 2.90. The van der Waals surface area contributed by atoms with E-state index in [9.17, 15) is 10.1 Å². The number of nitrogens with one attached hydrogen (secondary N) is 1. The van der Waals surface area contributed by atoms with E-state index in [-0.39, 0.29) is 5.69 Å². The van der Waals surface area contributed by atoms with Crippen molar-refractivity contribution in [3.8, 4) is 11.3 Å². The molecule has 6 nitrogen and oxygen atoms in total. The first-order chi connectivity index (χ1) is 12.6. The average molecular weight is 385 g/mol. The third-order valence-corrected chi connectivity index (χ3v) is 4.33. The molecule has 0 radical (unpaired) electrons. The zero-order chi connectivity index (χ0) is 18.4. The molecule has 0 unspecified atom stereocenters. The van der Waals surface area contributed by atoms with Crippen molar-refractivity contribution in [1.82, 2.24) is 4.98 Å². The number of hydrazone groups is 1. The second-order valence-electron chi connectivity index (χ2n) is 5.15. The van der Waals surface area contributed by atoms with Gasteiger partial charge in [0.1, 0.15) is 0 Å². The van der Waals surface area contributed by atoms with Crippen molar-refractivity contribution in [2.45, 2.75) is 0 Å². The molecule has 0 spiro atoms. The molecule has 0 atom stereocenters. The Bertz CT molecular complexity index is 967. The Balaban J connectivity index is 1.58. The Morgan fingerprint density at radius 1 is 1.23 bits per heavy atom. The number of thiazole rings is 1. The number of nitrogens with zero attached hydrogens (tertiary/aromatic N) is 3. The third kappa shape index (κ3) is 4.75. The highest BCUT2D eigenvalue weighted by atomic mass is 35.5. The van der Waals surface area contributed by atoms with Crippen LogP contribution < -0.4 is 5.43 Å². The first-order valence-corrected chi connectivity index (χ1v) is 8.79. The summed E-state index contributed by atoms with van der Waals surface area (Å²) in [5, 5.41) is 18.1. The van der Waals surface area contributed by atoms with Crippen molar-refractivity contribution in [3.05, 3.63) is 80.7 Å². The fourth-order valence-electron chi connectivity index (χ4n) is 2.11. The number of anilines is 1. The van der Waals surface area contributed by atoms with Gasteiger partial charge in [-0.3, -0.25) is 15.5 Å². The Hall–Kier alpha value is -3.03. The van der Waals surface area contributed by atoms with Gasteiger partial charge < -0.3 is 0 Å². The molecule has 1 N–H and O–H groups in total. The third-order valence-electron chi connectivity index (χ3n) is 3.33. The van der Waals surface area contributed by atoms with Crippen molar-refractivity contribution >= 4 is 46.0 Å². The SMILES string of the molecule is O=[N+]([O-])c1cccc(/C=C/C=N/Nc2nc(-c3ccc(Cl)cc3)cs2)c1. The first kappa shape index (κ1) is 17.8. The van der Waals surface area contributed by atoms with E-state index in [1.165, 1.54) is 23.5 Å². The van der Waals surface area contributed by atoms with E-state index in [1.807, 2.05) is 29.6 Å². The van der Waals surface area contributed by atoms with E-state index in [4.69, 9.17) is 11.6 Å². The van der Waals surface area contributed by atoms with Crippen molar-refractivity contribution in [2.75, 3.05) is 5.43 Å². The Morgan fingerprint density at radius 3 is 2.81 bits per heavy atom. The number of aromatic nitrogens is 1. The minimum Gasteiger partial charge on any atom is -0.258 e.